The first-order valence-corrected chi connectivity index (χ1v) is 11.0. The van der Waals surface area contributed by atoms with E-state index < -0.39 is 0 Å². The summed E-state index contributed by atoms with van der Waals surface area (Å²) in [6, 6.07) is 32.3. The molecule has 4 aromatic rings. The molecule has 0 atom stereocenters. The average molecular weight is 412 g/mol. The van der Waals surface area contributed by atoms with Crippen molar-refractivity contribution in [1.82, 2.24) is 4.98 Å². The minimum absolute atomic E-state index is 0.950. The molecule has 0 spiro atoms. The second-order valence-corrected chi connectivity index (χ2v) is 8.13. The second kappa shape index (κ2) is 9.03. The van der Waals surface area contributed by atoms with Crippen LogP contribution in [0, 0.1) is 6.92 Å². The van der Waals surface area contributed by atoms with E-state index in [-0.39, 0.29) is 0 Å². The van der Waals surface area contributed by atoms with Crippen LogP contribution < -0.4 is 0 Å². The van der Waals surface area contributed by atoms with E-state index in [1.165, 1.54) is 27.8 Å². The van der Waals surface area contributed by atoms with Gasteiger partial charge in [0.15, 0.2) is 0 Å². The lowest BCUT2D eigenvalue weighted by Crippen LogP contribution is -1.94. The average Bonchev–Trinajstić information content (AvgIpc) is 3.14. The van der Waals surface area contributed by atoms with Crippen LogP contribution in [0.2, 0.25) is 0 Å². The van der Waals surface area contributed by atoms with Crippen LogP contribution in [0.25, 0.3) is 39.1 Å². The van der Waals surface area contributed by atoms with Crippen molar-refractivity contribution in [3.8, 4) is 33.5 Å². The van der Waals surface area contributed by atoms with Crippen molar-refractivity contribution in [3.63, 3.8) is 0 Å². The number of allylic oxidation sites excluding steroid dienone is 6. The van der Waals surface area contributed by atoms with Crippen molar-refractivity contribution < 1.29 is 0 Å². The van der Waals surface area contributed by atoms with Crippen LogP contribution >= 0.6 is 0 Å². The molecule has 0 amide bonds. The lowest BCUT2D eigenvalue weighted by molar-refractivity contribution is 1.27. The van der Waals surface area contributed by atoms with Gasteiger partial charge in [-0.2, -0.15) is 0 Å². The Morgan fingerprint density at radius 3 is 2.06 bits per heavy atom. The van der Waals surface area contributed by atoms with Crippen molar-refractivity contribution in [2.24, 2.45) is 0 Å². The zero-order valence-corrected chi connectivity index (χ0v) is 18.2. The van der Waals surface area contributed by atoms with Crippen LogP contribution in [0.15, 0.2) is 121 Å². The SMILES string of the molecule is Cc1cccc(-c2cc(-c3ccc(-c4ccccc4)cc3)cc(C3=CC=CCC=C3)n2)c1. The predicted octanol–water partition coefficient (Wildman–Crippen LogP) is 8.29. The van der Waals surface area contributed by atoms with Gasteiger partial charge in [0.25, 0.3) is 0 Å². The maximum Gasteiger partial charge on any atom is 0.0715 e. The summed E-state index contributed by atoms with van der Waals surface area (Å²) in [5, 5.41) is 0. The number of aromatic nitrogens is 1. The Hall–Kier alpha value is -3.97. The van der Waals surface area contributed by atoms with Gasteiger partial charge in [0, 0.05) is 5.56 Å². The lowest BCUT2D eigenvalue weighted by Gasteiger charge is -2.12. The van der Waals surface area contributed by atoms with Crippen LogP contribution in [0.1, 0.15) is 17.7 Å². The van der Waals surface area contributed by atoms with E-state index in [1.54, 1.807) is 0 Å². The third-order valence-electron chi connectivity index (χ3n) is 5.74. The van der Waals surface area contributed by atoms with Crippen LogP contribution in [0.4, 0.5) is 0 Å². The summed E-state index contributed by atoms with van der Waals surface area (Å²) in [6.07, 6.45) is 11.7. The molecule has 1 aliphatic rings. The first-order valence-electron chi connectivity index (χ1n) is 11.0. The molecule has 0 saturated carbocycles. The molecule has 154 valence electrons. The van der Waals surface area contributed by atoms with E-state index in [4.69, 9.17) is 4.98 Å². The molecule has 0 radical (unpaired) electrons. The van der Waals surface area contributed by atoms with E-state index in [9.17, 15) is 0 Å². The number of hydrogen-bond donors (Lipinski definition) is 0. The first-order chi connectivity index (χ1) is 15.8. The highest BCUT2D eigenvalue weighted by Crippen LogP contribution is 2.31. The Morgan fingerprint density at radius 1 is 0.594 bits per heavy atom. The van der Waals surface area contributed by atoms with Crippen molar-refractivity contribution in [1.29, 1.82) is 0 Å². The Kier molecular flexibility index (Phi) is 5.63. The van der Waals surface area contributed by atoms with E-state index in [2.05, 4.69) is 128 Å². The van der Waals surface area contributed by atoms with Gasteiger partial charge in [-0.05, 0) is 59.4 Å². The Morgan fingerprint density at radius 2 is 1.28 bits per heavy atom. The van der Waals surface area contributed by atoms with Gasteiger partial charge >= 0.3 is 0 Å². The fraction of sp³-hybridized carbons (Fsp3) is 0.0645. The van der Waals surface area contributed by atoms with Gasteiger partial charge < -0.3 is 0 Å². The van der Waals surface area contributed by atoms with E-state index in [0.29, 0.717) is 0 Å². The smallest absolute Gasteiger partial charge is 0.0715 e. The maximum absolute atomic E-state index is 5.05. The van der Waals surface area contributed by atoms with Gasteiger partial charge in [0.2, 0.25) is 0 Å². The molecule has 1 nitrogen and oxygen atoms in total. The van der Waals surface area contributed by atoms with E-state index in [0.717, 1.165) is 28.9 Å². The van der Waals surface area contributed by atoms with Gasteiger partial charge in [0.05, 0.1) is 11.4 Å². The number of nitrogens with zero attached hydrogens (tertiary/aromatic N) is 1. The van der Waals surface area contributed by atoms with Crippen LogP contribution in [-0.2, 0) is 0 Å². The standard InChI is InChI=1S/C31H25N/c1-23-10-9-15-28(20-23)31-22-29(21-30(32-31)27-13-5-2-3-6-14-27)26-18-16-25(17-19-26)24-11-7-4-8-12-24/h2,4-22H,3H2,1H3. The molecule has 1 heterocycles. The summed E-state index contributed by atoms with van der Waals surface area (Å²) in [4.78, 5) is 5.05. The van der Waals surface area contributed by atoms with Gasteiger partial charge in [-0.3, -0.25) is 0 Å². The minimum atomic E-state index is 0.950. The topological polar surface area (TPSA) is 12.9 Å². The summed E-state index contributed by atoms with van der Waals surface area (Å²) >= 11 is 0. The Bertz CT molecular complexity index is 1320. The molecule has 5 rings (SSSR count). The second-order valence-electron chi connectivity index (χ2n) is 8.13. The number of rotatable bonds is 4. The number of benzene rings is 3. The minimum Gasteiger partial charge on any atom is -0.248 e. The number of aryl methyl sites for hydroxylation is 1. The fourth-order valence-corrected chi connectivity index (χ4v) is 4.03. The molecule has 3 aromatic carbocycles. The molecule has 0 saturated heterocycles. The lowest BCUT2D eigenvalue weighted by atomic mass is 9.97. The quantitative estimate of drug-likeness (QED) is 0.329. The van der Waals surface area contributed by atoms with Crippen molar-refractivity contribution in [2.45, 2.75) is 13.3 Å². The molecule has 0 N–H and O–H groups in total. The van der Waals surface area contributed by atoms with E-state index >= 15 is 0 Å². The van der Waals surface area contributed by atoms with Crippen LogP contribution in [0.3, 0.4) is 0 Å². The van der Waals surface area contributed by atoms with Gasteiger partial charge in [-0.25, -0.2) is 4.98 Å². The highest BCUT2D eigenvalue weighted by atomic mass is 14.7. The first kappa shape index (κ1) is 20.0. The number of hydrogen-bond acceptors (Lipinski definition) is 1. The van der Waals surface area contributed by atoms with Crippen molar-refractivity contribution in [2.75, 3.05) is 0 Å². The molecular formula is C31H25N. The molecule has 1 aliphatic carbocycles. The number of pyridine rings is 1. The van der Waals surface area contributed by atoms with Gasteiger partial charge in [-0.15, -0.1) is 0 Å². The molecule has 0 unspecified atom stereocenters. The Labute approximate surface area is 190 Å². The largest absolute Gasteiger partial charge is 0.248 e. The zero-order chi connectivity index (χ0) is 21.8. The third-order valence-corrected chi connectivity index (χ3v) is 5.74. The van der Waals surface area contributed by atoms with Crippen LogP contribution in [0.5, 0.6) is 0 Å². The molecule has 1 heteroatoms. The Balaban J connectivity index is 1.61. The molecule has 0 bridgehead atoms. The monoisotopic (exact) mass is 411 g/mol. The van der Waals surface area contributed by atoms with Gasteiger partial charge in [0.1, 0.15) is 0 Å². The van der Waals surface area contributed by atoms with Gasteiger partial charge in [-0.1, -0.05) is 109 Å². The molecule has 1 aromatic heterocycles. The summed E-state index contributed by atoms with van der Waals surface area (Å²) in [5.41, 5.74) is 10.3. The highest BCUT2D eigenvalue weighted by molar-refractivity contribution is 5.81. The van der Waals surface area contributed by atoms with E-state index in [1.807, 2.05) is 0 Å². The van der Waals surface area contributed by atoms with Crippen LogP contribution in [-0.4, -0.2) is 4.98 Å². The summed E-state index contributed by atoms with van der Waals surface area (Å²) in [7, 11) is 0. The predicted molar refractivity (Wildman–Crippen MR) is 136 cm³/mol. The summed E-state index contributed by atoms with van der Waals surface area (Å²) in [6.45, 7) is 2.12. The van der Waals surface area contributed by atoms with Crippen molar-refractivity contribution in [3.05, 3.63) is 133 Å². The highest BCUT2D eigenvalue weighted by Gasteiger charge is 2.10. The molecule has 0 aliphatic heterocycles. The maximum atomic E-state index is 5.05. The van der Waals surface area contributed by atoms with Crippen molar-refractivity contribution >= 4 is 5.57 Å². The normalized spacial score (nSPS) is 13.0. The molecule has 32 heavy (non-hydrogen) atoms. The summed E-state index contributed by atoms with van der Waals surface area (Å²) < 4.78 is 0. The zero-order valence-electron chi connectivity index (χ0n) is 18.2. The summed E-state index contributed by atoms with van der Waals surface area (Å²) in [5.74, 6) is 0. The fourth-order valence-electron chi connectivity index (χ4n) is 4.03. The molecule has 0 fully saturated rings. The third kappa shape index (κ3) is 4.38. The molecular weight excluding hydrogens is 386 g/mol.